The molecule has 0 aliphatic carbocycles. The average molecular weight is 1080 g/mol. The van der Waals surface area contributed by atoms with Crippen molar-refractivity contribution in [1.29, 1.82) is 0 Å². The highest BCUT2D eigenvalue weighted by molar-refractivity contribution is 8.00. The first-order valence-electron chi connectivity index (χ1n) is 27.7. The third-order valence-corrected chi connectivity index (χ3v) is 20.6. The van der Waals surface area contributed by atoms with E-state index in [1.165, 1.54) is 123 Å². The molecule has 0 radical (unpaired) electrons. The van der Waals surface area contributed by atoms with E-state index in [-0.39, 0.29) is 13.4 Å². The Morgan fingerprint density at radius 1 is 0.296 bits per heavy atom. The molecule has 6 heterocycles. The molecular weight excluding hydrogens is 1040 g/mol. The summed E-state index contributed by atoms with van der Waals surface area (Å²) in [4.78, 5) is 12.8. The summed E-state index contributed by atoms with van der Waals surface area (Å²) in [5.74, 6) is 0. The summed E-state index contributed by atoms with van der Waals surface area (Å²) in [5, 5.41) is 5.21. The largest absolute Gasteiger partial charge is 0.311 e. The number of thiophene rings is 2. The molecule has 18 rings (SSSR count). The second-order valence-corrected chi connectivity index (χ2v) is 24.7. The fourth-order valence-corrected chi connectivity index (χ4v) is 17.4. The van der Waals surface area contributed by atoms with Crippen molar-refractivity contribution in [3.63, 3.8) is 0 Å². The third kappa shape index (κ3) is 6.62. The molecule has 14 aromatic rings. The fraction of sp³-hybridized carbons (Fsp3) is 0. The zero-order valence-electron chi connectivity index (χ0n) is 43.6. The molecule has 4 aliphatic heterocycles. The van der Waals surface area contributed by atoms with Gasteiger partial charge in [-0.2, -0.15) is 0 Å². The molecule has 0 bridgehead atoms. The lowest BCUT2D eigenvalue weighted by molar-refractivity contribution is 1.22. The van der Waals surface area contributed by atoms with Crippen LogP contribution in [0.2, 0.25) is 0 Å². The van der Waals surface area contributed by atoms with Crippen LogP contribution in [0.3, 0.4) is 0 Å². The van der Waals surface area contributed by atoms with Crippen LogP contribution in [0.1, 0.15) is 0 Å². The highest BCUT2D eigenvalue weighted by Gasteiger charge is 2.48. The van der Waals surface area contributed by atoms with Crippen LogP contribution in [0.4, 0.5) is 68.2 Å². The summed E-state index contributed by atoms with van der Waals surface area (Å²) < 4.78 is 5.19. The van der Waals surface area contributed by atoms with Gasteiger partial charge >= 0.3 is 0 Å². The minimum atomic E-state index is -0.127. The minimum Gasteiger partial charge on any atom is -0.311 e. The van der Waals surface area contributed by atoms with Crippen LogP contribution in [0.5, 0.6) is 0 Å². The zero-order chi connectivity index (χ0) is 52.9. The van der Waals surface area contributed by atoms with Crippen molar-refractivity contribution >= 4 is 189 Å². The highest BCUT2D eigenvalue weighted by atomic mass is 32.2. The molecule has 0 atom stereocenters. The number of anilines is 12. The van der Waals surface area contributed by atoms with Crippen molar-refractivity contribution in [2.24, 2.45) is 0 Å². The van der Waals surface area contributed by atoms with Gasteiger partial charge in [0, 0.05) is 101 Å². The predicted octanol–water partition coefficient (Wildman–Crippen LogP) is 16.7. The lowest BCUT2D eigenvalue weighted by atomic mass is 9.31. The van der Waals surface area contributed by atoms with Gasteiger partial charge in [-0.05, 0) is 143 Å². The lowest BCUT2D eigenvalue weighted by Gasteiger charge is -2.46. The molecule has 2 aromatic heterocycles. The summed E-state index contributed by atoms with van der Waals surface area (Å²) in [6.07, 6.45) is 0. The van der Waals surface area contributed by atoms with Crippen molar-refractivity contribution in [2.75, 3.05) is 19.6 Å². The summed E-state index contributed by atoms with van der Waals surface area (Å²) in [6, 6.07) is 100. The summed E-state index contributed by atoms with van der Waals surface area (Å²) in [7, 11) is 0. The smallest absolute Gasteiger partial charge is 0.252 e. The van der Waals surface area contributed by atoms with Crippen molar-refractivity contribution < 1.29 is 0 Å². The summed E-state index contributed by atoms with van der Waals surface area (Å²) >= 11 is 5.72. The van der Waals surface area contributed by atoms with E-state index in [9.17, 15) is 0 Å². The molecule has 4 aliphatic rings. The standard InChI is InChI=1S/C72H44B2N4S3/c1-6-21-45(22-7-1)75(46-23-8-2-9-24-46)50-41-59-69-60(42-50)78(49-29-14-5-15-30-49)72-53(37-39-64-68(72)52-32-17-19-35-62(52)80-64)73(69)55-43-56-66(44-58(55)76(59)47-25-10-3-11-26-47)81-65-36-20-33-57-70(65)74(56)54-38-40-63-67(51-31-16-18-34-61(51)79-63)71(54)77(57)48-27-12-4-13-28-48/h1-44H. The second-order valence-electron chi connectivity index (χ2n) is 21.5. The van der Waals surface area contributed by atoms with E-state index in [1.807, 2.05) is 34.4 Å². The first kappa shape index (κ1) is 45.6. The van der Waals surface area contributed by atoms with E-state index in [0.717, 1.165) is 28.4 Å². The monoisotopic (exact) mass is 1080 g/mol. The van der Waals surface area contributed by atoms with E-state index in [1.54, 1.807) is 0 Å². The predicted molar refractivity (Wildman–Crippen MR) is 351 cm³/mol. The van der Waals surface area contributed by atoms with Crippen molar-refractivity contribution in [3.8, 4) is 0 Å². The molecule has 0 unspecified atom stereocenters. The SMILES string of the molecule is c1ccc(N(c2ccccc2)c2cc3c4c(c2)N(c2ccccc2)c2c(ccc5sc6ccccc6c25)B4c2cc4c(cc2N3c2ccccc2)Sc2cccc3c2B4c2ccc4sc5ccccc5c4c2N3c2ccccc2)cc1. The van der Waals surface area contributed by atoms with Crippen LogP contribution in [0.15, 0.2) is 277 Å². The van der Waals surface area contributed by atoms with Crippen molar-refractivity contribution in [2.45, 2.75) is 9.79 Å². The van der Waals surface area contributed by atoms with Gasteiger partial charge in [-0.1, -0.05) is 169 Å². The Bertz CT molecular complexity index is 4860. The Morgan fingerprint density at radius 2 is 0.765 bits per heavy atom. The normalized spacial score (nSPS) is 13.5. The fourth-order valence-electron chi connectivity index (χ4n) is 14.0. The Balaban J connectivity index is 0.971. The van der Waals surface area contributed by atoms with Gasteiger partial charge < -0.3 is 19.6 Å². The molecule has 376 valence electrons. The second kappa shape index (κ2) is 17.6. The van der Waals surface area contributed by atoms with E-state index < -0.39 is 0 Å². The van der Waals surface area contributed by atoms with E-state index in [2.05, 4.69) is 287 Å². The molecule has 0 fully saturated rings. The van der Waals surface area contributed by atoms with Gasteiger partial charge in [-0.15, -0.1) is 22.7 Å². The van der Waals surface area contributed by atoms with Crippen LogP contribution in [0.25, 0.3) is 40.3 Å². The highest BCUT2D eigenvalue weighted by Crippen LogP contribution is 2.53. The molecule has 81 heavy (non-hydrogen) atoms. The quantitative estimate of drug-likeness (QED) is 0.153. The first-order chi connectivity index (χ1) is 40.2. The molecule has 0 saturated heterocycles. The van der Waals surface area contributed by atoms with Gasteiger partial charge in [0.15, 0.2) is 0 Å². The van der Waals surface area contributed by atoms with Crippen LogP contribution in [-0.4, -0.2) is 13.4 Å². The van der Waals surface area contributed by atoms with Crippen LogP contribution in [-0.2, 0) is 0 Å². The minimum absolute atomic E-state index is 0.0262. The molecule has 12 aromatic carbocycles. The Labute approximate surface area is 482 Å². The molecule has 9 heteroatoms. The number of para-hydroxylation sites is 5. The lowest BCUT2D eigenvalue weighted by Crippen LogP contribution is -2.64. The average Bonchev–Trinajstić information content (AvgIpc) is 2.87. The van der Waals surface area contributed by atoms with Crippen LogP contribution < -0.4 is 52.4 Å². The van der Waals surface area contributed by atoms with Crippen LogP contribution in [0, 0.1) is 0 Å². The topological polar surface area (TPSA) is 13.0 Å². The first-order valence-corrected chi connectivity index (χ1v) is 30.2. The van der Waals surface area contributed by atoms with Gasteiger partial charge in [-0.25, -0.2) is 0 Å². The number of nitrogens with zero attached hydrogens (tertiary/aromatic N) is 4. The Hall–Kier alpha value is -9.24. The maximum absolute atomic E-state index is 2.67. The zero-order valence-corrected chi connectivity index (χ0v) is 46.0. The number of hydrogen-bond donors (Lipinski definition) is 0. The summed E-state index contributed by atoms with van der Waals surface area (Å²) in [5.41, 5.74) is 22.0. The number of benzene rings is 12. The maximum Gasteiger partial charge on any atom is 0.252 e. The number of rotatable bonds is 6. The van der Waals surface area contributed by atoms with Gasteiger partial charge in [0.25, 0.3) is 6.71 Å². The van der Waals surface area contributed by atoms with Crippen LogP contribution >= 0.6 is 34.4 Å². The van der Waals surface area contributed by atoms with Gasteiger partial charge in [0.2, 0.25) is 6.71 Å². The number of fused-ring (bicyclic) bond motifs is 16. The molecular formula is C72H44B2N4S3. The third-order valence-electron chi connectivity index (χ3n) is 17.2. The van der Waals surface area contributed by atoms with Gasteiger partial charge in [-0.3, -0.25) is 0 Å². The Morgan fingerprint density at radius 3 is 1.32 bits per heavy atom. The molecule has 0 N–H and O–H groups in total. The Kier molecular flexibility index (Phi) is 9.93. The van der Waals surface area contributed by atoms with E-state index >= 15 is 0 Å². The molecule has 0 spiro atoms. The number of hydrogen-bond acceptors (Lipinski definition) is 7. The maximum atomic E-state index is 2.67. The molecule has 0 saturated carbocycles. The molecule has 4 nitrogen and oxygen atoms in total. The summed E-state index contributed by atoms with van der Waals surface area (Å²) in [6.45, 7) is -0.153. The van der Waals surface area contributed by atoms with Gasteiger partial charge in [0.1, 0.15) is 0 Å². The van der Waals surface area contributed by atoms with Gasteiger partial charge in [0.05, 0.1) is 17.1 Å². The molecule has 0 amide bonds. The van der Waals surface area contributed by atoms with E-state index in [4.69, 9.17) is 0 Å². The van der Waals surface area contributed by atoms with Crippen molar-refractivity contribution in [3.05, 3.63) is 267 Å². The van der Waals surface area contributed by atoms with Crippen molar-refractivity contribution in [1.82, 2.24) is 0 Å². The van der Waals surface area contributed by atoms with E-state index in [0.29, 0.717) is 0 Å².